The van der Waals surface area contributed by atoms with Crippen LogP contribution in [0.2, 0.25) is 0 Å². The summed E-state index contributed by atoms with van der Waals surface area (Å²) >= 11 is 0. The first-order chi connectivity index (χ1) is 32.1. The van der Waals surface area contributed by atoms with E-state index in [-0.39, 0.29) is 84.7 Å². The molecule has 17 nitrogen and oxygen atoms in total. The second kappa shape index (κ2) is 23.9. The van der Waals surface area contributed by atoms with Crippen LogP contribution in [0.5, 0.6) is 0 Å². The van der Waals surface area contributed by atoms with Crippen LogP contribution in [-0.2, 0) is 44.8 Å². The zero-order valence-electron chi connectivity index (χ0n) is 39.6. The van der Waals surface area contributed by atoms with Crippen molar-refractivity contribution in [1.29, 1.82) is 0 Å². The van der Waals surface area contributed by atoms with Crippen LogP contribution >= 0.6 is 0 Å². The highest BCUT2D eigenvalue weighted by Gasteiger charge is 2.41. The minimum absolute atomic E-state index is 0.0251. The fourth-order valence-corrected chi connectivity index (χ4v) is 10.9. The van der Waals surface area contributed by atoms with Crippen molar-refractivity contribution >= 4 is 58.0 Å². The number of hydrogen-bond donors (Lipinski definition) is 9. The van der Waals surface area contributed by atoms with Crippen molar-refractivity contribution in [3.63, 3.8) is 0 Å². The highest BCUT2D eigenvalue weighted by molar-refractivity contribution is 5.88. The first-order valence-electron chi connectivity index (χ1n) is 24.6. The number of fused-ring (bicyclic) bond motifs is 1. The van der Waals surface area contributed by atoms with Gasteiger partial charge >= 0.3 is 0 Å². The lowest BCUT2D eigenvalue weighted by atomic mass is 9.93. The molecule has 3 aliphatic carbocycles. The SMILES string of the molecule is CC(=O)N[C@@H]1CCC[C@@H]1C(=O)N[C@@H](C)CC(=O)N[C@@H]1CCC[C@@H]1C(=O)NC[C@H](CC(C)C)C(=O)N[C@@H]1CNC[C@@H]1C(=O)N[C@@H]1CCC[C@@H]1C(=O)N[C@H](CC(N)=O)Cc1cccc2ccccc12. The molecule has 3 saturated carbocycles. The van der Waals surface area contributed by atoms with Gasteiger partial charge in [0.05, 0.1) is 35.6 Å². The highest BCUT2D eigenvalue weighted by atomic mass is 16.2. The van der Waals surface area contributed by atoms with Crippen LogP contribution in [-0.4, -0.2) is 103 Å². The van der Waals surface area contributed by atoms with Gasteiger partial charge in [-0.3, -0.25) is 38.4 Å². The number of hydrogen-bond acceptors (Lipinski definition) is 9. The number of benzene rings is 2. The minimum atomic E-state index is -0.584. The Kier molecular flexibility index (Phi) is 18.2. The standard InChI is InChI=1S/C50H73N9O8/c1-28(2)21-33(25-53-47(64)36-15-8-19-41(36)57-45(62)22-29(3)54-48(65)37-16-9-18-40(37)55-30(4)60)46(63)59-43-27-52-26-39(43)50(67)58-42-20-10-17-38(42)49(66)56-34(24-44(51)61)23-32-13-7-12-31-11-5-6-14-35(31)32/h5-7,11-14,28-29,33-34,36-43,52H,8-10,15-27H2,1-4H3,(H2,51,61)(H,53,64)(H,54,65)(H,55,60)(H,56,66)(H,57,62)(H,58,67)(H,59,63)/t29-,33-,34-,36-,37-,38-,39-,40+,41+,42+,43+/m0/s1. The van der Waals surface area contributed by atoms with Gasteiger partial charge in [-0.2, -0.15) is 0 Å². The van der Waals surface area contributed by atoms with Gasteiger partial charge in [0.2, 0.25) is 47.3 Å². The Morgan fingerprint density at radius 2 is 1.25 bits per heavy atom. The Labute approximate surface area is 394 Å². The molecule has 67 heavy (non-hydrogen) atoms. The molecule has 0 bridgehead atoms. The van der Waals surface area contributed by atoms with E-state index in [0.717, 1.165) is 42.0 Å². The molecular formula is C50H73N9O8. The van der Waals surface area contributed by atoms with E-state index in [1.54, 1.807) is 6.92 Å². The van der Waals surface area contributed by atoms with Crippen LogP contribution < -0.4 is 48.3 Å². The van der Waals surface area contributed by atoms with Crippen molar-refractivity contribution < 1.29 is 38.4 Å². The summed E-state index contributed by atoms with van der Waals surface area (Å²) in [7, 11) is 0. The molecule has 0 spiro atoms. The number of amides is 8. The Morgan fingerprint density at radius 3 is 1.91 bits per heavy atom. The van der Waals surface area contributed by atoms with Crippen LogP contribution in [0, 0.1) is 35.5 Å². The minimum Gasteiger partial charge on any atom is -0.370 e. The van der Waals surface area contributed by atoms with Crippen molar-refractivity contribution in [3.8, 4) is 0 Å². The topological polar surface area (TPSA) is 259 Å². The Balaban J connectivity index is 0.979. The normalized spacial score (nSPS) is 26.0. The molecular weight excluding hydrogens is 855 g/mol. The van der Waals surface area contributed by atoms with Crippen molar-refractivity contribution in [3.05, 3.63) is 48.0 Å². The lowest BCUT2D eigenvalue weighted by molar-refractivity contribution is -0.130. The van der Waals surface area contributed by atoms with Crippen molar-refractivity contribution in [2.24, 2.45) is 41.2 Å². The van der Waals surface area contributed by atoms with Gasteiger partial charge in [0, 0.05) is 69.6 Å². The quantitative estimate of drug-likeness (QED) is 0.0886. The molecule has 6 rings (SSSR count). The second-order valence-corrected chi connectivity index (χ2v) is 20.0. The molecule has 10 N–H and O–H groups in total. The fourth-order valence-electron chi connectivity index (χ4n) is 10.9. The number of rotatable bonds is 21. The van der Waals surface area contributed by atoms with Gasteiger partial charge in [-0.05, 0) is 80.5 Å². The average Bonchev–Trinajstić information content (AvgIpc) is 4.11. The van der Waals surface area contributed by atoms with E-state index in [9.17, 15) is 38.4 Å². The smallest absolute Gasteiger partial charge is 0.226 e. The van der Waals surface area contributed by atoms with E-state index < -0.39 is 53.7 Å². The van der Waals surface area contributed by atoms with Gasteiger partial charge in [-0.15, -0.1) is 0 Å². The molecule has 2 aromatic carbocycles. The monoisotopic (exact) mass is 928 g/mol. The number of nitrogens with one attached hydrogen (secondary N) is 8. The third kappa shape index (κ3) is 14.2. The summed E-state index contributed by atoms with van der Waals surface area (Å²) in [4.78, 5) is 105. The molecule has 4 aliphatic rings. The molecule has 0 radical (unpaired) electrons. The molecule has 0 aromatic heterocycles. The van der Waals surface area contributed by atoms with E-state index in [2.05, 4.69) is 42.5 Å². The van der Waals surface area contributed by atoms with Crippen LogP contribution in [0.15, 0.2) is 42.5 Å². The van der Waals surface area contributed by atoms with E-state index in [1.807, 2.05) is 56.3 Å². The third-order valence-corrected chi connectivity index (χ3v) is 14.2. The summed E-state index contributed by atoms with van der Waals surface area (Å²) < 4.78 is 0. The third-order valence-electron chi connectivity index (χ3n) is 14.2. The maximum Gasteiger partial charge on any atom is 0.226 e. The van der Waals surface area contributed by atoms with E-state index in [1.165, 1.54) is 6.92 Å². The summed E-state index contributed by atoms with van der Waals surface area (Å²) in [6.07, 6.45) is 7.10. The fraction of sp³-hybridized carbons (Fsp3) is 0.640. The molecule has 8 amide bonds. The van der Waals surface area contributed by atoms with E-state index >= 15 is 0 Å². The number of carbonyl (C=O) groups is 8. The number of primary amides is 1. The Morgan fingerprint density at radius 1 is 0.642 bits per heavy atom. The van der Waals surface area contributed by atoms with Crippen molar-refractivity contribution in [1.82, 2.24) is 42.5 Å². The molecule has 1 heterocycles. The predicted octanol–water partition coefficient (Wildman–Crippen LogP) is 1.99. The highest BCUT2D eigenvalue weighted by Crippen LogP contribution is 2.30. The maximum absolute atomic E-state index is 13.9. The van der Waals surface area contributed by atoms with E-state index in [0.29, 0.717) is 58.0 Å². The van der Waals surface area contributed by atoms with Gasteiger partial charge in [-0.1, -0.05) is 75.6 Å². The summed E-state index contributed by atoms with van der Waals surface area (Å²) in [5.74, 6) is -4.45. The lowest BCUT2D eigenvalue weighted by Crippen LogP contribution is -2.53. The molecule has 366 valence electrons. The molecule has 11 atom stereocenters. The molecule has 0 unspecified atom stereocenters. The lowest BCUT2D eigenvalue weighted by Gasteiger charge is -2.28. The summed E-state index contributed by atoms with van der Waals surface area (Å²) in [6.45, 7) is 8.03. The van der Waals surface area contributed by atoms with Crippen LogP contribution in [0.25, 0.3) is 10.8 Å². The summed E-state index contributed by atoms with van der Waals surface area (Å²) in [5, 5.41) is 26.5. The first-order valence-corrected chi connectivity index (χ1v) is 24.6. The molecule has 2 aromatic rings. The summed E-state index contributed by atoms with van der Waals surface area (Å²) in [6, 6.07) is 11.4. The van der Waals surface area contributed by atoms with Gasteiger partial charge in [0.1, 0.15) is 0 Å². The largest absolute Gasteiger partial charge is 0.370 e. The summed E-state index contributed by atoms with van der Waals surface area (Å²) in [5.41, 5.74) is 6.63. The van der Waals surface area contributed by atoms with Crippen LogP contribution in [0.1, 0.15) is 110 Å². The van der Waals surface area contributed by atoms with Gasteiger partial charge in [-0.25, -0.2) is 0 Å². The number of nitrogens with two attached hydrogens (primary N) is 1. The van der Waals surface area contributed by atoms with Crippen LogP contribution in [0.4, 0.5) is 0 Å². The van der Waals surface area contributed by atoms with Crippen molar-refractivity contribution in [2.45, 2.75) is 147 Å². The number of carbonyl (C=O) groups excluding carboxylic acids is 8. The zero-order valence-corrected chi connectivity index (χ0v) is 39.6. The molecule has 1 saturated heterocycles. The van der Waals surface area contributed by atoms with Crippen molar-refractivity contribution in [2.75, 3.05) is 19.6 Å². The second-order valence-electron chi connectivity index (χ2n) is 20.0. The van der Waals surface area contributed by atoms with E-state index in [4.69, 9.17) is 5.73 Å². The molecule has 4 fully saturated rings. The molecule has 1 aliphatic heterocycles. The zero-order chi connectivity index (χ0) is 48.2. The van der Waals surface area contributed by atoms with Gasteiger partial charge < -0.3 is 48.3 Å². The van der Waals surface area contributed by atoms with Crippen LogP contribution in [0.3, 0.4) is 0 Å². The Hall–Kier alpha value is -5.58. The first kappa shape index (κ1) is 50.8. The Bertz CT molecular complexity index is 2110. The molecule has 17 heteroatoms. The maximum atomic E-state index is 13.9. The van der Waals surface area contributed by atoms with Gasteiger partial charge in [0.15, 0.2) is 0 Å². The average molecular weight is 928 g/mol. The predicted molar refractivity (Wildman–Crippen MR) is 253 cm³/mol. The van der Waals surface area contributed by atoms with Gasteiger partial charge in [0.25, 0.3) is 0 Å².